The maximum Gasteiger partial charge on any atom is 0.328 e. The van der Waals surface area contributed by atoms with Gasteiger partial charge in [-0.25, -0.2) is 4.79 Å². The molecule has 0 aliphatic carbocycles. The first-order valence-corrected chi connectivity index (χ1v) is 8.17. The summed E-state index contributed by atoms with van der Waals surface area (Å²) in [6.07, 6.45) is 2.12. The number of aromatic hydroxyl groups is 1. The number of carbonyl (C=O) groups is 1. The van der Waals surface area contributed by atoms with Gasteiger partial charge in [0.25, 0.3) is 0 Å². The van der Waals surface area contributed by atoms with Crippen LogP contribution < -0.4 is 20.7 Å². The fourth-order valence-electron chi connectivity index (χ4n) is 2.56. The average molecular weight is 336 g/mol. The Morgan fingerprint density at radius 2 is 2.04 bits per heavy atom. The number of hydrogen-bond acceptors (Lipinski definition) is 4. The molecular formula is C17H28N4O3. The van der Waals surface area contributed by atoms with Crippen molar-refractivity contribution in [2.24, 2.45) is 10.7 Å². The van der Waals surface area contributed by atoms with E-state index in [0.29, 0.717) is 25.1 Å². The number of nitrogens with two attached hydrogens (primary N) is 1. The summed E-state index contributed by atoms with van der Waals surface area (Å²) in [5.41, 5.74) is 8.07. The molecule has 0 bridgehead atoms. The Hall–Kier alpha value is -2.44. The van der Waals surface area contributed by atoms with Gasteiger partial charge in [-0.2, -0.15) is 0 Å². The van der Waals surface area contributed by atoms with Crippen LogP contribution in [0.1, 0.15) is 38.3 Å². The van der Waals surface area contributed by atoms with E-state index in [1.807, 2.05) is 20.8 Å². The molecule has 1 aromatic carbocycles. The number of carbonyl (C=O) groups excluding carboxylic acids is 1. The first kappa shape index (κ1) is 19.6. The second-order valence-electron chi connectivity index (χ2n) is 5.38. The number of aryl methyl sites for hydroxylation is 1. The number of amides is 2. The summed E-state index contributed by atoms with van der Waals surface area (Å²) in [6, 6.07) is 1.25. The zero-order chi connectivity index (χ0) is 18.3. The predicted octanol–water partition coefficient (Wildman–Crippen LogP) is 2.40. The zero-order valence-electron chi connectivity index (χ0n) is 15.1. The Labute approximate surface area is 143 Å². The van der Waals surface area contributed by atoms with E-state index in [4.69, 9.17) is 10.5 Å². The highest BCUT2D eigenvalue weighted by molar-refractivity contribution is 6.04. The molecule has 0 fully saturated rings. The number of guanidine groups is 1. The largest absolute Gasteiger partial charge is 0.504 e. The monoisotopic (exact) mass is 336 g/mol. The van der Waals surface area contributed by atoms with Crippen LogP contribution in [0.15, 0.2) is 11.1 Å². The van der Waals surface area contributed by atoms with Gasteiger partial charge in [0.15, 0.2) is 17.5 Å². The molecule has 0 aliphatic rings. The molecule has 2 amide bonds. The summed E-state index contributed by atoms with van der Waals surface area (Å²) in [4.78, 5) is 18.0. The van der Waals surface area contributed by atoms with E-state index in [1.165, 1.54) is 12.0 Å². The summed E-state index contributed by atoms with van der Waals surface area (Å²) in [5, 5.41) is 12.7. The summed E-state index contributed by atoms with van der Waals surface area (Å²) in [5.74, 6) is 0.556. The fraction of sp³-hybridized carbons (Fsp3) is 0.529. The van der Waals surface area contributed by atoms with Crippen molar-refractivity contribution in [1.29, 1.82) is 0 Å². The minimum absolute atomic E-state index is 0.0766. The molecule has 0 spiro atoms. The van der Waals surface area contributed by atoms with Crippen molar-refractivity contribution in [2.45, 2.75) is 40.0 Å². The van der Waals surface area contributed by atoms with Gasteiger partial charge >= 0.3 is 6.03 Å². The van der Waals surface area contributed by atoms with Crippen LogP contribution in [0.25, 0.3) is 0 Å². The lowest BCUT2D eigenvalue weighted by atomic mass is 10.00. The molecule has 134 valence electrons. The van der Waals surface area contributed by atoms with Crippen molar-refractivity contribution >= 4 is 17.7 Å². The predicted molar refractivity (Wildman–Crippen MR) is 97.1 cm³/mol. The quantitative estimate of drug-likeness (QED) is 0.548. The highest BCUT2D eigenvalue weighted by Crippen LogP contribution is 2.40. The van der Waals surface area contributed by atoms with Gasteiger partial charge in [-0.15, -0.1) is 0 Å². The van der Waals surface area contributed by atoms with Crippen molar-refractivity contribution in [1.82, 2.24) is 5.32 Å². The molecular weight excluding hydrogens is 308 g/mol. The Bertz CT molecular complexity index is 614. The van der Waals surface area contributed by atoms with Crippen molar-refractivity contribution < 1.29 is 14.6 Å². The molecule has 0 radical (unpaired) electrons. The third-order valence-electron chi connectivity index (χ3n) is 3.73. The van der Waals surface area contributed by atoms with Crippen LogP contribution in [0, 0.1) is 0 Å². The van der Waals surface area contributed by atoms with Gasteiger partial charge < -0.3 is 15.6 Å². The van der Waals surface area contributed by atoms with Gasteiger partial charge in [-0.05, 0) is 30.9 Å². The van der Waals surface area contributed by atoms with Crippen LogP contribution in [0.2, 0.25) is 0 Å². The Morgan fingerprint density at radius 1 is 1.38 bits per heavy atom. The van der Waals surface area contributed by atoms with Crippen molar-refractivity contribution in [3.63, 3.8) is 0 Å². The van der Waals surface area contributed by atoms with Crippen LogP contribution in [-0.2, 0) is 12.8 Å². The van der Waals surface area contributed by atoms with E-state index in [9.17, 15) is 9.90 Å². The maximum atomic E-state index is 12.5. The topological polar surface area (TPSA) is 100 Å². The molecule has 0 aromatic heterocycles. The average Bonchev–Trinajstić information content (AvgIpc) is 2.57. The van der Waals surface area contributed by atoms with Gasteiger partial charge in [0.05, 0.1) is 12.8 Å². The summed E-state index contributed by atoms with van der Waals surface area (Å²) in [6.45, 7) is 6.45. The number of methoxy groups -OCH3 is 1. The molecule has 0 atom stereocenters. The Balaban J connectivity index is 3.25. The molecule has 4 N–H and O–H groups in total. The second-order valence-corrected chi connectivity index (χ2v) is 5.38. The van der Waals surface area contributed by atoms with E-state index >= 15 is 0 Å². The molecule has 7 nitrogen and oxygen atoms in total. The van der Waals surface area contributed by atoms with E-state index in [2.05, 4.69) is 10.3 Å². The lowest BCUT2D eigenvalue weighted by Crippen LogP contribution is -2.45. The SMILES string of the molecule is CCCN=C(N)NC(=O)N(C)c1c(CC)cc(O)c(OC)c1CC. The van der Waals surface area contributed by atoms with Gasteiger partial charge in [-0.1, -0.05) is 20.8 Å². The molecule has 7 heteroatoms. The number of anilines is 1. The number of nitrogens with one attached hydrogen (secondary N) is 1. The number of nitrogens with zero attached hydrogens (tertiary/aromatic N) is 2. The molecule has 0 aliphatic heterocycles. The van der Waals surface area contributed by atoms with Crippen LogP contribution in [-0.4, -0.2) is 37.8 Å². The smallest absolute Gasteiger partial charge is 0.328 e. The third kappa shape index (κ3) is 4.31. The summed E-state index contributed by atoms with van der Waals surface area (Å²) >= 11 is 0. The number of hydrogen-bond donors (Lipinski definition) is 3. The van der Waals surface area contributed by atoms with Gasteiger partial charge in [-0.3, -0.25) is 15.2 Å². The standard InChI is InChI=1S/C17H28N4O3/c1-6-9-19-16(18)20-17(23)21(4)14-11(7-2)10-13(22)15(24-5)12(14)8-3/h10,22H,6-9H2,1-5H3,(H3,18,19,20,23). The molecule has 0 heterocycles. The number of benzene rings is 1. The Kier molecular flexibility index (Phi) is 7.35. The number of phenolic OH excluding ortho intramolecular Hbond substituents is 1. The van der Waals surface area contributed by atoms with E-state index in [1.54, 1.807) is 13.1 Å². The van der Waals surface area contributed by atoms with Crippen molar-refractivity contribution in [2.75, 3.05) is 25.6 Å². The summed E-state index contributed by atoms with van der Waals surface area (Å²) in [7, 11) is 3.16. The first-order chi connectivity index (χ1) is 11.4. The normalized spacial score (nSPS) is 11.3. The van der Waals surface area contributed by atoms with Crippen LogP contribution in [0.3, 0.4) is 0 Å². The lowest BCUT2D eigenvalue weighted by Gasteiger charge is -2.25. The Morgan fingerprint density at radius 3 is 2.54 bits per heavy atom. The number of ether oxygens (including phenoxy) is 1. The van der Waals surface area contributed by atoms with Crippen molar-refractivity contribution in [3.05, 3.63) is 17.2 Å². The van der Waals surface area contributed by atoms with Crippen LogP contribution >= 0.6 is 0 Å². The van der Waals surface area contributed by atoms with Crippen molar-refractivity contribution in [3.8, 4) is 11.5 Å². The van der Waals surface area contributed by atoms with Gasteiger partial charge in [0, 0.05) is 19.2 Å². The minimum Gasteiger partial charge on any atom is -0.504 e. The van der Waals surface area contributed by atoms with Crippen LogP contribution in [0.5, 0.6) is 11.5 Å². The number of urea groups is 1. The summed E-state index contributed by atoms with van der Waals surface area (Å²) < 4.78 is 5.31. The minimum atomic E-state index is -0.385. The highest BCUT2D eigenvalue weighted by Gasteiger charge is 2.23. The van der Waals surface area contributed by atoms with E-state index in [0.717, 1.165) is 23.2 Å². The number of rotatable bonds is 6. The molecule has 0 saturated heterocycles. The fourth-order valence-corrected chi connectivity index (χ4v) is 2.56. The zero-order valence-corrected chi connectivity index (χ0v) is 15.1. The number of aliphatic imine (C=N–C) groups is 1. The molecule has 1 aromatic rings. The number of phenols is 1. The molecule has 1 rings (SSSR count). The van der Waals surface area contributed by atoms with E-state index in [-0.39, 0.29) is 17.7 Å². The third-order valence-corrected chi connectivity index (χ3v) is 3.73. The lowest BCUT2D eigenvalue weighted by molar-refractivity contribution is 0.251. The van der Waals surface area contributed by atoms with E-state index < -0.39 is 0 Å². The second kappa shape index (κ2) is 9.00. The van der Waals surface area contributed by atoms with Crippen LogP contribution in [0.4, 0.5) is 10.5 Å². The van der Waals surface area contributed by atoms with Gasteiger partial charge in [0.1, 0.15) is 0 Å². The molecule has 0 saturated carbocycles. The maximum absolute atomic E-state index is 12.5. The molecule has 24 heavy (non-hydrogen) atoms. The van der Waals surface area contributed by atoms with Gasteiger partial charge in [0.2, 0.25) is 0 Å². The molecule has 0 unspecified atom stereocenters. The highest BCUT2D eigenvalue weighted by atomic mass is 16.5. The first-order valence-electron chi connectivity index (χ1n) is 8.17.